The predicted octanol–water partition coefficient (Wildman–Crippen LogP) is 6.81. The Hall–Kier alpha value is -3.12. The molecule has 6 aromatic rings. The molecule has 164 valence electrons. The molecule has 2 atom stereocenters. The third kappa shape index (κ3) is 2.34. The van der Waals surface area contributed by atoms with Crippen molar-refractivity contribution in [2.75, 3.05) is 0 Å². The summed E-state index contributed by atoms with van der Waals surface area (Å²) in [6, 6.07) is 30.5. The van der Waals surface area contributed by atoms with E-state index in [9.17, 15) is 0 Å². The summed E-state index contributed by atoms with van der Waals surface area (Å²) in [7, 11) is -0.345. The average molecular weight is 459 g/mol. The number of hydrogen-bond acceptors (Lipinski definition) is 3. The van der Waals surface area contributed by atoms with Crippen LogP contribution in [-0.4, -0.2) is 22.9 Å². The van der Waals surface area contributed by atoms with Gasteiger partial charge in [-0.1, -0.05) is 60.7 Å². The fourth-order valence-corrected chi connectivity index (χ4v) is 7.17. The Morgan fingerprint density at radius 2 is 1.47 bits per heavy atom. The summed E-state index contributed by atoms with van der Waals surface area (Å²) in [5, 5.41) is 5.07. The summed E-state index contributed by atoms with van der Waals surface area (Å²) < 4.78 is 18.1. The molecule has 3 heterocycles. The highest BCUT2D eigenvalue weighted by atomic mass is 32.1. The van der Waals surface area contributed by atoms with E-state index in [4.69, 9.17) is 9.31 Å². The average Bonchev–Trinajstić information content (AvgIpc) is 3.19. The van der Waals surface area contributed by atoms with Crippen molar-refractivity contribution in [1.82, 2.24) is 4.57 Å². The Bertz CT molecular complexity index is 1770. The summed E-state index contributed by atoms with van der Waals surface area (Å²) >= 11 is 1.84. The monoisotopic (exact) mass is 459 g/mol. The van der Waals surface area contributed by atoms with Crippen LogP contribution in [-0.2, 0) is 9.31 Å². The number of rotatable bonds is 2. The van der Waals surface area contributed by atoms with Crippen molar-refractivity contribution < 1.29 is 9.31 Å². The van der Waals surface area contributed by atoms with Crippen molar-refractivity contribution in [3.63, 3.8) is 0 Å². The fourth-order valence-electron chi connectivity index (χ4n) is 5.94. The van der Waals surface area contributed by atoms with E-state index < -0.39 is 0 Å². The molecular formula is C29H22BNO2S. The zero-order valence-electron chi connectivity index (χ0n) is 19.0. The normalized spacial score (nSPS) is 24.0. The summed E-state index contributed by atoms with van der Waals surface area (Å²) in [5.74, 6) is 0. The number of nitrogens with zero attached hydrogens (tertiary/aromatic N) is 1. The SMILES string of the molecule is CC12CC1(C)OB(c1cc3c4ccccc4n(-c4ccccc4)c3c3c1sc1ccccc13)O2. The molecule has 34 heavy (non-hydrogen) atoms. The molecule has 1 saturated carbocycles. The van der Waals surface area contributed by atoms with Crippen molar-refractivity contribution in [2.45, 2.75) is 31.5 Å². The number of thiophene rings is 1. The second-order valence-corrected chi connectivity index (χ2v) is 11.1. The van der Waals surface area contributed by atoms with E-state index in [1.807, 2.05) is 11.3 Å². The Kier molecular flexibility index (Phi) is 3.56. The summed E-state index contributed by atoms with van der Waals surface area (Å²) in [6.45, 7) is 4.35. The Morgan fingerprint density at radius 3 is 2.26 bits per heavy atom. The van der Waals surface area contributed by atoms with Crippen LogP contribution in [0.3, 0.4) is 0 Å². The van der Waals surface area contributed by atoms with Gasteiger partial charge in [-0.05, 0) is 38.1 Å². The molecule has 0 amide bonds. The van der Waals surface area contributed by atoms with Crippen LogP contribution in [0.15, 0.2) is 84.9 Å². The van der Waals surface area contributed by atoms with E-state index in [0.717, 1.165) is 11.9 Å². The number of hydrogen-bond donors (Lipinski definition) is 0. The van der Waals surface area contributed by atoms with Gasteiger partial charge in [-0.2, -0.15) is 0 Å². The van der Waals surface area contributed by atoms with Crippen molar-refractivity contribution in [3.05, 3.63) is 84.9 Å². The number of benzene rings is 4. The molecule has 0 radical (unpaired) electrons. The molecule has 8 rings (SSSR count). The molecule has 0 spiro atoms. The summed E-state index contributed by atoms with van der Waals surface area (Å²) in [5.41, 5.74) is 4.42. The zero-order chi connectivity index (χ0) is 22.7. The van der Waals surface area contributed by atoms with Gasteiger partial charge in [-0.3, -0.25) is 0 Å². The topological polar surface area (TPSA) is 23.4 Å². The minimum atomic E-state index is -0.345. The highest BCUT2D eigenvalue weighted by molar-refractivity contribution is 7.27. The number of fused-ring (bicyclic) bond motifs is 8. The lowest BCUT2D eigenvalue weighted by atomic mass is 9.77. The smallest absolute Gasteiger partial charge is 0.399 e. The summed E-state index contributed by atoms with van der Waals surface area (Å²) in [4.78, 5) is 0. The van der Waals surface area contributed by atoms with Gasteiger partial charge < -0.3 is 13.9 Å². The molecule has 5 heteroatoms. The largest absolute Gasteiger partial charge is 0.496 e. The highest BCUT2D eigenvalue weighted by Crippen LogP contribution is 2.58. The lowest BCUT2D eigenvalue weighted by Gasteiger charge is -2.14. The second kappa shape index (κ2) is 6.31. The van der Waals surface area contributed by atoms with E-state index in [-0.39, 0.29) is 18.3 Å². The van der Waals surface area contributed by atoms with Crippen LogP contribution in [0.1, 0.15) is 20.3 Å². The Labute approximate surface area is 201 Å². The van der Waals surface area contributed by atoms with E-state index in [0.29, 0.717) is 0 Å². The number of aromatic nitrogens is 1. The third-order valence-electron chi connectivity index (χ3n) is 7.98. The van der Waals surface area contributed by atoms with Gasteiger partial charge in [0.15, 0.2) is 0 Å². The zero-order valence-corrected chi connectivity index (χ0v) is 19.9. The lowest BCUT2D eigenvalue weighted by molar-refractivity contribution is 0.187. The molecule has 4 aromatic carbocycles. The van der Waals surface area contributed by atoms with Gasteiger partial charge in [0.1, 0.15) is 0 Å². The van der Waals surface area contributed by atoms with Crippen LogP contribution in [0, 0.1) is 0 Å². The lowest BCUT2D eigenvalue weighted by Crippen LogP contribution is -2.36. The molecular weight excluding hydrogens is 437 g/mol. The van der Waals surface area contributed by atoms with Gasteiger partial charge in [0.05, 0.1) is 22.2 Å². The molecule has 0 bridgehead atoms. The van der Waals surface area contributed by atoms with Gasteiger partial charge in [0.25, 0.3) is 0 Å². The Morgan fingerprint density at radius 1 is 0.794 bits per heavy atom. The van der Waals surface area contributed by atoms with Crippen LogP contribution < -0.4 is 5.46 Å². The van der Waals surface area contributed by atoms with Crippen molar-refractivity contribution in [2.24, 2.45) is 0 Å². The van der Waals surface area contributed by atoms with Gasteiger partial charge in [0.2, 0.25) is 0 Å². The van der Waals surface area contributed by atoms with E-state index in [1.54, 1.807) is 0 Å². The van der Waals surface area contributed by atoms with Crippen LogP contribution in [0.5, 0.6) is 0 Å². The first kappa shape index (κ1) is 19.2. The predicted molar refractivity (Wildman–Crippen MR) is 143 cm³/mol. The Balaban J connectivity index is 1.56. The van der Waals surface area contributed by atoms with Gasteiger partial charge >= 0.3 is 7.12 Å². The molecule has 0 N–H and O–H groups in total. The molecule has 2 unspecified atom stereocenters. The van der Waals surface area contributed by atoms with Crippen molar-refractivity contribution in [1.29, 1.82) is 0 Å². The van der Waals surface area contributed by atoms with E-state index in [2.05, 4.69) is 103 Å². The van der Waals surface area contributed by atoms with Gasteiger partial charge in [0, 0.05) is 48.5 Å². The fraction of sp³-hybridized carbons (Fsp3) is 0.172. The van der Waals surface area contributed by atoms with Crippen LogP contribution in [0.2, 0.25) is 0 Å². The van der Waals surface area contributed by atoms with Gasteiger partial charge in [-0.15, -0.1) is 11.3 Å². The first-order valence-electron chi connectivity index (χ1n) is 11.8. The molecule has 2 aliphatic rings. The molecule has 1 aliphatic heterocycles. The summed E-state index contributed by atoms with van der Waals surface area (Å²) in [6.07, 6.45) is 0.960. The van der Waals surface area contributed by atoms with Crippen LogP contribution in [0.25, 0.3) is 47.7 Å². The third-order valence-corrected chi connectivity index (χ3v) is 9.20. The second-order valence-electron chi connectivity index (χ2n) is 10.1. The maximum absolute atomic E-state index is 6.55. The first-order chi connectivity index (χ1) is 16.6. The maximum Gasteiger partial charge on any atom is 0.496 e. The van der Waals surface area contributed by atoms with E-state index >= 15 is 0 Å². The minimum absolute atomic E-state index is 0.187. The number of para-hydroxylation sites is 2. The molecule has 1 saturated heterocycles. The minimum Gasteiger partial charge on any atom is -0.399 e. The molecule has 2 aromatic heterocycles. The molecule has 2 fully saturated rings. The highest BCUT2D eigenvalue weighted by Gasteiger charge is 2.71. The van der Waals surface area contributed by atoms with E-state index in [1.165, 1.54) is 47.7 Å². The van der Waals surface area contributed by atoms with Crippen molar-refractivity contribution in [3.8, 4) is 5.69 Å². The molecule has 3 nitrogen and oxygen atoms in total. The quantitative estimate of drug-likeness (QED) is 0.266. The molecule has 1 aliphatic carbocycles. The first-order valence-corrected chi connectivity index (χ1v) is 12.7. The van der Waals surface area contributed by atoms with Crippen LogP contribution >= 0.6 is 11.3 Å². The van der Waals surface area contributed by atoms with Crippen molar-refractivity contribution >= 4 is 65.9 Å². The maximum atomic E-state index is 6.55. The van der Waals surface area contributed by atoms with Crippen LogP contribution in [0.4, 0.5) is 0 Å². The van der Waals surface area contributed by atoms with Gasteiger partial charge in [-0.25, -0.2) is 0 Å². The standard InChI is InChI=1S/C29H22BNO2S/c1-28-17-29(28,2)33-30(32-28)22-16-21-19-12-6-8-14-23(19)31(18-10-4-3-5-11-18)26(21)25-20-13-7-9-15-24(20)34-27(22)25/h3-16H,17H2,1-2H3.